The maximum Gasteiger partial charge on any atom is 0.273 e. The average Bonchev–Trinajstić information content (AvgIpc) is 3.44. The molecule has 0 bridgehead atoms. The number of ketones is 1. The summed E-state index contributed by atoms with van der Waals surface area (Å²) in [6.07, 6.45) is 1.85. The van der Waals surface area contributed by atoms with Gasteiger partial charge in [0, 0.05) is 24.8 Å². The molecule has 0 saturated heterocycles. The van der Waals surface area contributed by atoms with Crippen LogP contribution < -0.4 is 10.6 Å². The van der Waals surface area contributed by atoms with Crippen molar-refractivity contribution in [1.29, 1.82) is 5.26 Å². The van der Waals surface area contributed by atoms with Crippen molar-refractivity contribution in [3.05, 3.63) is 65.4 Å². The summed E-state index contributed by atoms with van der Waals surface area (Å²) in [4.78, 5) is 38.1. The van der Waals surface area contributed by atoms with Gasteiger partial charge < -0.3 is 10.6 Å². The number of amides is 2. The molecule has 1 fully saturated rings. The zero-order valence-electron chi connectivity index (χ0n) is 20.9. The monoisotopic (exact) mass is 485 g/mol. The minimum absolute atomic E-state index is 0.152. The number of para-hydroxylation sites is 1. The molecule has 1 unspecified atom stereocenters. The van der Waals surface area contributed by atoms with E-state index in [9.17, 15) is 14.4 Å². The van der Waals surface area contributed by atoms with Gasteiger partial charge in [-0.25, -0.2) is 0 Å². The number of carbonyl (C=O) groups is 3. The first-order valence-electron chi connectivity index (χ1n) is 12.2. The first-order chi connectivity index (χ1) is 17.2. The minimum atomic E-state index is -0.774. The largest absolute Gasteiger partial charge is 0.354 e. The number of carbonyl (C=O) groups excluding carboxylic acids is 3. The highest BCUT2D eigenvalue weighted by Gasteiger charge is 2.34. The Kier molecular flexibility index (Phi) is 7.20. The summed E-state index contributed by atoms with van der Waals surface area (Å²) >= 11 is 0. The Balaban J connectivity index is 1.54. The lowest BCUT2D eigenvalue weighted by atomic mass is 9.86. The second-order valence-corrected chi connectivity index (χ2v) is 10.5. The molecule has 0 spiro atoms. The Labute approximate surface area is 210 Å². The Morgan fingerprint density at radius 2 is 1.89 bits per heavy atom. The van der Waals surface area contributed by atoms with Crippen molar-refractivity contribution in [3.63, 3.8) is 0 Å². The van der Waals surface area contributed by atoms with Crippen LogP contribution in [0.2, 0.25) is 0 Å². The van der Waals surface area contributed by atoms with E-state index in [4.69, 9.17) is 5.26 Å². The van der Waals surface area contributed by atoms with Crippen LogP contribution in [0.5, 0.6) is 0 Å². The quantitative estimate of drug-likeness (QED) is 0.530. The van der Waals surface area contributed by atoms with Crippen LogP contribution in [0, 0.1) is 22.7 Å². The van der Waals surface area contributed by atoms with Gasteiger partial charge in [0.15, 0.2) is 5.69 Å². The van der Waals surface area contributed by atoms with Crippen molar-refractivity contribution in [1.82, 2.24) is 20.4 Å². The molecule has 2 amide bonds. The van der Waals surface area contributed by atoms with Gasteiger partial charge in [0.05, 0.1) is 23.7 Å². The first kappa shape index (κ1) is 25.1. The van der Waals surface area contributed by atoms with Crippen LogP contribution >= 0.6 is 0 Å². The van der Waals surface area contributed by atoms with Gasteiger partial charge in [0.2, 0.25) is 5.91 Å². The van der Waals surface area contributed by atoms with Gasteiger partial charge in [-0.2, -0.15) is 10.4 Å². The number of nitriles is 1. The molecule has 1 aliphatic carbocycles. The zero-order chi connectivity index (χ0) is 25.9. The fourth-order valence-corrected chi connectivity index (χ4v) is 4.56. The van der Waals surface area contributed by atoms with Crippen molar-refractivity contribution < 1.29 is 14.4 Å². The van der Waals surface area contributed by atoms with Crippen molar-refractivity contribution in [3.8, 4) is 6.07 Å². The third-order valence-electron chi connectivity index (χ3n) is 6.60. The SMILES string of the molecule is CC(C)(C)[C@H](NC(=O)c1nn(Cc2ccc(C#N)cc2)c2ccccc12)C(=O)NCC1CCC(=O)C1. The summed E-state index contributed by atoms with van der Waals surface area (Å²) in [6, 6.07) is 16.1. The predicted octanol–water partition coefficient (Wildman–Crippen LogP) is 3.59. The maximum absolute atomic E-state index is 13.4. The molecule has 8 heteroatoms. The van der Waals surface area contributed by atoms with Crippen LogP contribution in [0.1, 0.15) is 61.6 Å². The van der Waals surface area contributed by atoms with Crippen molar-refractivity contribution >= 4 is 28.5 Å². The number of fused-ring (bicyclic) bond motifs is 1. The summed E-state index contributed by atoms with van der Waals surface area (Å²) in [5, 5.41) is 20.2. The van der Waals surface area contributed by atoms with Crippen molar-refractivity contribution in [2.45, 2.75) is 52.6 Å². The van der Waals surface area contributed by atoms with Crippen molar-refractivity contribution in [2.75, 3.05) is 6.54 Å². The second kappa shape index (κ2) is 10.3. The summed E-state index contributed by atoms with van der Waals surface area (Å²) in [6.45, 7) is 6.56. The van der Waals surface area contributed by atoms with E-state index in [0.29, 0.717) is 36.9 Å². The van der Waals surface area contributed by atoms with E-state index in [0.717, 1.165) is 17.5 Å². The summed E-state index contributed by atoms with van der Waals surface area (Å²) in [5.41, 5.74) is 2.05. The minimum Gasteiger partial charge on any atom is -0.354 e. The standard InChI is InChI=1S/C28H31N5O3/c1-28(2,3)25(27(36)30-16-20-12-13-21(34)14-20)31-26(35)24-22-6-4-5-7-23(22)33(32-24)17-19-10-8-18(15-29)9-11-19/h4-11,20,25H,12-14,16-17H2,1-3H3,(H,30,36)(H,31,35)/t20?,25-/m1/s1. The molecule has 2 N–H and O–H groups in total. The number of hydrogen-bond acceptors (Lipinski definition) is 5. The average molecular weight is 486 g/mol. The van der Waals surface area contributed by atoms with Crippen LogP contribution in [0.3, 0.4) is 0 Å². The van der Waals surface area contributed by atoms with Gasteiger partial charge in [-0.1, -0.05) is 51.1 Å². The third-order valence-corrected chi connectivity index (χ3v) is 6.60. The number of nitrogens with zero attached hydrogens (tertiary/aromatic N) is 3. The van der Waals surface area contributed by atoms with Crippen LogP contribution in [0.4, 0.5) is 0 Å². The van der Waals surface area contributed by atoms with Gasteiger partial charge in [0.25, 0.3) is 5.91 Å². The second-order valence-electron chi connectivity index (χ2n) is 10.5. The van der Waals surface area contributed by atoms with Gasteiger partial charge >= 0.3 is 0 Å². The van der Waals surface area contributed by atoms with Crippen LogP contribution in [-0.2, 0) is 16.1 Å². The van der Waals surface area contributed by atoms with E-state index in [1.165, 1.54) is 0 Å². The molecular weight excluding hydrogens is 454 g/mol. The molecule has 186 valence electrons. The number of Topliss-reactive ketones (excluding diaryl/α,β-unsaturated/α-hetero) is 1. The molecular formula is C28H31N5O3. The summed E-state index contributed by atoms with van der Waals surface area (Å²) < 4.78 is 1.76. The summed E-state index contributed by atoms with van der Waals surface area (Å²) in [7, 11) is 0. The van der Waals surface area contributed by atoms with E-state index in [2.05, 4.69) is 21.8 Å². The number of hydrogen-bond donors (Lipinski definition) is 2. The highest BCUT2D eigenvalue weighted by atomic mass is 16.2. The lowest BCUT2D eigenvalue weighted by Crippen LogP contribution is -2.54. The fourth-order valence-electron chi connectivity index (χ4n) is 4.56. The Bertz CT molecular complexity index is 1330. The highest BCUT2D eigenvalue weighted by Crippen LogP contribution is 2.24. The molecule has 1 aliphatic rings. The van der Waals surface area contributed by atoms with E-state index in [1.54, 1.807) is 16.8 Å². The fraction of sp³-hybridized carbons (Fsp3) is 0.393. The van der Waals surface area contributed by atoms with Gasteiger partial charge in [-0.3, -0.25) is 19.1 Å². The number of benzene rings is 2. The van der Waals surface area contributed by atoms with Crippen LogP contribution in [-0.4, -0.2) is 40.0 Å². The molecule has 3 aromatic rings. The van der Waals surface area contributed by atoms with E-state index >= 15 is 0 Å². The molecule has 36 heavy (non-hydrogen) atoms. The number of rotatable bonds is 7. The van der Waals surface area contributed by atoms with Crippen LogP contribution in [0.15, 0.2) is 48.5 Å². The molecule has 1 heterocycles. The normalized spacial score (nSPS) is 16.5. The molecule has 1 aromatic heterocycles. The summed E-state index contributed by atoms with van der Waals surface area (Å²) in [5.74, 6) is -0.301. The number of nitrogens with one attached hydrogen (secondary N) is 2. The first-order valence-corrected chi connectivity index (χ1v) is 12.2. The highest BCUT2D eigenvalue weighted by molar-refractivity contribution is 6.06. The Morgan fingerprint density at radius 1 is 1.17 bits per heavy atom. The van der Waals surface area contributed by atoms with Crippen LogP contribution in [0.25, 0.3) is 10.9 Å². The number of aromatic nitrogens is 2. The molecule has 4 rings (SSSR count). The van der Waals surface area contributed by atoms with E-state index < -0.39 is 17.4 Å². The lowest BCUT2D eigenvalue weighted by molar-refractivity contribution is -0.125. The topological polar surface area (TPSA) is 117 Å². The molecule has 8 nitrogen and oxygen atoms in total. The molecule has 2 aromatic carbocycles. The third kappa shape index (κ3) is 5.62. The maximum atomic E-state index is 13.4. The molecule has 0 radical (unpaired) electrons. The lowest BCUT2D eigenvalue weighted by Gasteiger charge is -2.30. The zero-order valence-corrected chi connectivity index (χ0v) is 20.9. The molecule has 1 saturated carbocycles. The van der Waals surface area contributed by atoms with Crippen molar-refractivity contribution in [2.24, 2.45) is 11.3 Å². The Morgan fingerprint density at radius 3 is 2.53 bits per heavy atom. The van der Waals surface area contributed by atoms with Gasteiger partial charge in [0.1, 0.15) is 11.8 Å². The van der Waals surface area contributed by atoms with Gasteiger partial charge in [-0.05, 0) is 41.5 Å². The van der Waals surface area contributed by atoms with E-state index in [-0.39, 0.29) is 23.3 Å². The molecule has 2 atom stereocenters. The Hall–Kier alpha value is -3.99. The predicted molar refractivity (Wildman–Crippen MR) is 136 cm³/mol. The van der Waals surface area contributed by atoms with E-state index in [1.807, 2.05) is 57.2 Å². The van der Waals surface area contributed by atoms with Gasteiger partial charge in [-0.15, -0.1) is 0 Å². The smallest absolute Gasteiger partial charge is 0.273 e. The molecule has 0 aliphatic heterocycles.